The van der Waals surface area contributed by atoms with Crippen LogP contribution in [0.3, 0.4) is 0 Å². The van der Waals surface area contributed by atoms with Crippen molar-refractivity contribution in [2.45, 2.75) is 25.5 Å². The Hall–Kier alpha value is -2.58. The Bertz CT molecular complexity index is 1050. The quantitative estimate of drug-likeness (QED) is 0.728. The molecule has 124 valence electrons. The number of aryl methyl sites for hydroxylation is 1. The topological polar surface area (TPSA) is 108 Å². The van der Waals surface area contributed by atoms with Crippen LogP contribution in [0.4, 0.5) is 0 Å². The molecule has 1 aromatic carbocycles. The Morgan fingerprint density at radius 3 is 2.62 bits per heavy atom. The maximum atomic E-state index is 11.8. The van der Waals surface area contributed by atoms with E-state index >= 15 is 0 Å². The highest BCUT2D eigenvalue weighted by Crippen LogP contribution is 2.29. The van der Waals surface area contributed by atoms with Crippen molar-refractivity contribution < 1.29 is 13.2 Å². The molecule has 3 rings (SSSR count). The number of sulfonamides is 1. The summed E-state index contributed by atoms with van der Waals surface area (Å²) >= 11 is 0. The van der Waals surface area contributed by atoms with Crippen LogP contribution in [0.5, 0.6) is 0 Å². The van der Waals surface area contributed by atoms with Gasteiger partial charge >= 0.3 is 0 Å². The maximum Gasteiger partial charge on any atom is 0.272 e. The molecule has 0 saturated heterocycles. The fraction of sp³-hybridized carbons (Fsp3) is 0.188. The van der Waals surface area contributed by atoms with E-state index in [4.69, 9.17) is 5.14 Å². The van der Waals surface area contributed by atoms with Crippen molar-refractivity contribution in [2.24, 2.45) is 5.14 Å². The fourth-order valence-electron chi connectivity index (χ4n) is 2.67. The number of rotatable bonds is 4. The number of para-hydroxylation sites is 1. The van der Waals surface area contributed by atoms with Crippen molar-refractivity contribution in [1.29, 1.82) is 0 Å². The van der Waals surface area contributed by atoms with Crippen LogP contribution >= 0.6 is 0 Å². The largest absolute Gasteiger partial charge is 0.320 e. The Morgan fingerprint density at radius 1 is 1.29 bits per heavy atom. The second-order valence-electron chi connectivity index (χ2n) is 5.36. The molecule has 0 bridgehead atoms. The number of carbonyl (C=O) groups is 1. The summed E-state index contributed by atoms with van der Waals surface area (Å²) in [6.07, 6.45) is 3.18. The van der Waals surface area contributed by atoms with Gasteiger partial charge in [-0.15, -0.1) is 0 Å². The lowest BCUT2D eigenvalue weighted by atomic mass is 10.0. The van der Waals surface area contributed by atoms with E-state index in [1.807, 2.05) is 0 Å². The first kappa shape index (κ1) is 16.3. The minimum atomic E-state index is -3.93. The summed E-state index contributed by atoms with van der Waals surface area (Å²) < 4.78 is 24.9. The van der Waals surface area contributed by atoms with Gasteiger partial charge in [-0.25, -0.2) is 18.5 Å². The summed E-state index contributed by atoms with van der Waals surface area (Å²) in [5.41, 5.74) is 2.24. The molecule has 0 aliphatic rings. The summed E-state index contributed by atoms with van der Waals surface area (Å²) in [4.78, 5) is 20.3. The second kappa shape index (κ2) is 5.81. The lowest BCUT2D eigenvalue weighted by Gasteiger charge is -2.06. The van der Waals surface area contributed by atoms with Crippen LogP contribution in [-0.2, 0) is 16.6 Å². The first-order valence-electron chi connectivity index (χ1n) is 7.32. The molecule has 0 fully saturated rings. The van der Waals surface area contributed by atoms with Gasteiger partial charge in [0.1, 0.15) is 0 Å². The number of pyridine rings is 1. The van der Waals surface area contributed by atoms with Crippen molar-refractivity contribution >= 4 is 26.7 Å². The average Bonchev–Trinajstić information content (AvgIpc) is 2.98. The number of primary sulfonamides is 1. The molecule has 0 spiro atoms. The summed E-state index contributed by atoms with van der Waals surface area (Å²) in [5, 5.41) is 5.73. The Kier molecular flexibility index (Phi) is 3.94. The van der Waals surface area contributed by atoms with E-state index in [2.05, 4.69) is 9.97 Å². The van der Waals surface area contributed by atoms with E-state index in [1.165, 1.54) is 11.5 Å². The minimum Gasteiger partial charge on any atom is -0.320 e. The van der Waals surface area contributed by atoms with Gasteiger partial charge in [-0.3, -0.25) is 9.78 Å². The molecule has 0 amide bonds. The highest BCUT2D eigenvalue weighted by Gasteiger charge is 2.20. The first-order chi connectivity index (χ1) is 11.3. The first-order valence-corrected chi connectivity index (χ1v) is 8.86. The number of imidazole rings is 1. The lowest BCUT2D eigenvalue weighted by Crippen LogP contribution is -2.17. The SMILES string of the molecule is CCn1cc(-c2cccc3c(C(C)=O)ccnc23)nc1S(N)(=O)=O. The van der Waals surface area contributed by atoms with Gasteiger partial charge in [-0.2, -0.15) is 0 Å². The highest BCUT2D eigenvalue weighted by atomic mass is 32.2. The molecule has 2 N–H and O–H groups in total. The lowest BCUT2D eigenvalue weighted by molar-refractivity contribution is 0.101. The van der Waals surface area contributed by atoms with Crippen LogP contribution in [0, 0.1) is 0 Å². The molecule has 7 nitrogen and oxygen atoms in total. The molecule has 0 unspecified atom stereocenters. The van der Waals surface area contributed by atoms with E-state index < -0.39 is 10.0 Å². The number of nitrogens with zero attached hydrogens (tertiary/aromatic N) is 3. The van der Waals surface area contributed by atoms with Gasteiger partial charge in [0.15, 0.2) is 5.78 Å². The van der Waals surface area contributed by atoms with Crippen molar-refractivity contribution in [3.05, 3.63) is 42.2 Å². The molecule has 8 heteroatoms. The molecular weight excluding hydrogens is 328 g/mol. The van der Waals surface area contributed by atoms with Crippen LogP contribution in [0.25, 0.3) is 22.2 Å². The van der Waals surface area contributed by atoms with E-state index in [9.17, 15) is 13.2 Å². The van der Waals surface area contributed by atoms with Crippen LogP contribution < -0.4 is 5.14 Å². The predicted octanol–water partition coefficient (Wildman–Crippen LogP) is 1.97. The van der Waals surface area contributed by atoms with Crippen LogP contribution in [-0.4, -0.2) is 28.7 Å². The van der Waals surface area contributed by atoms with Crippen LogP contribution in [0.1, 0.15) is 24.2 Å². The summed E-state index contributed by atoms with van der Waals surface area (Å²) in [6.45, 7) is 3.71. The molecule has 2 aromatic heterocycles. The molecule has 0 aliphatic heterocycles. The van der Waals surface area contributed by atoms with Gasteiger partial charge in [-0.1, -0.05) is 18.2 Å². The number of benzene rings is 1. The molecule has 0 aliphatic carbocycles. The molecule has 0 radical (unpaired) electrons. The molecule has 0 saturated carbocycles. The molecule has 24 heavy (non-hydrogen) atoms. The third kappa shape index (κ3) is 2.70. The number of hydrogen-bond donors (Lipinski definition) is 1. The number of aromatic nitrogens is 3. The summed E-state index contributed by atoms with van der Waals surface area (Å²) in [6, 6.07) is 7.04. The highest BCUT2D eigenvalue weighted by molar-refractivity contribution is 7.89. The van der Waals surface area contributed by atoms with E-state index in [0.29, 0.717) is 34.3 Å². The zero-order chi connectivity index (χ0) is 17.5. The van der Waals surface area contributed by atoms with Gasteiger partial charge in [0, 0.05) is 35.5 Å². The van der Waals surface area contributed by atoms with E-state index in [-0.39, 0.29) is 10.9 Å². The number of carbonyl (C=O) groups excluding carboxylic acids is 1. The second-order valence-corrected chi connectivity index (χ2v) is 6.81. The Morgan fingerprint density at radius 2 is 2.04 bits per heavy atom. The number of fused-ring (bicyclic) bond motifs is 1. The Balaban J connectivity index is 2.30. The third-order valence-electron chi connectivity index (χ3n) is 3.76. The standard InChI is InChI=1S/C16H16N4O3S/c1-3-20-9-14(19-16(20)24(17,22)23)13-6-4-5-12-11(10(2)21)7-8-18-15(12)13/h4-9H,3H2,1-2H3,(H2,17,22,23). The van der Waals surface area contributed by atoms with Gasteiger partial charge in [0.05, 0.1) is 11.2 Å². The smallest absolute Gasteiger partial charge is 0.272 e. The molecule has 0 atom stereocenters. The van der Waals surface area contributed by atoms with E-state index in [1.54, 1.807) is 43.6 Å². The van der Waals surface area contributed by atoms with E-state index in [0.717, 1.165) is 0 Å². The van der Waals surface area contributed by atoms with Crippen LogP contribution in [0.15, 0.2) is 41.8 Å². The number of hydrogen-bond acceptors (Lipinski definition) is 5. The van der Waals surface area contributed by atoms with Crippen molar-refractivity contribution in [3.63, 3.8) is 0 Å². The number of nitrogens with two attached hydrogens (primary N) is 1. The average molecular weight is 344 g/mol. The maximum absolute atomic E-state index is 11.8. The molecular formula is C16H16N4O3S. The van der Waals surface area contributed by atoms with Crippen molar-refractivity contribution in [1.82, 2.24) is 14.5 Å². The Labute approximate surface area is 139 Å². The normalized spacial score (nSPS) is 11.8. The fourth-order valence-corrected chi connectivity index (χ4v) is 3.41. The van der Waals surface area contributed by atoms with Gasteiger partial charge in [0.25, 0.3) is 10.0 Å². The molecule has 2 heterocycles. The minimum absolute atomic E-state index is 0.0659. The molecule has 3 aromatic rings. The number of Topliss-reactive ketones (excluding diaryl/α,β-unsaturated/α-hetero) is 1. The van der Waals surface area contributed by atoms with Gasteiger partial charge < -0.3 is 4.57 Å². The van der Waals surface area contributed by atoms with Crippen molar-refractivity contribution in [3.8, 4) is 11.3 Å². The van der Waals surface area contributed by atoms with Gasteiger partial charge in [-0.05, 0) is 19.9 Å². The zero-order valence-corrected chi connectivity index (χ0v) is 14.0. The number of ketones is 1. The van der Waals surface area contributed by atoms with Crippen LogP contribution in [0.2, 0.25) is 0 Å². The monoisotopic (exact) mass is 344 g/mol. The van der Waals surface area contributed by atoms with Crippen molar-refractivity contribution in [2.75, 3.05) is 0 Å². The predicted molar refractivity (Wildman–Crippen MR) is 90.0 cm³/mol. The summed E-state index contributed by atoms with van der Waals surface area (Å²) in [5.74, 6) is -0.0659. The third-order valence-corrected chi connectivity index (χ3v) is 4.60. The van der Waals surface area contributed by atoms with Gasteiger partial charge in [0.2, 0.25) is 5.16 Å². The zero-order valence-electron chi connectivity index (χ0n) is 13.2. The summed E-state index contributed by atoms with van der Waals surface area (Å²) in [7, 11) is -3.93.